The van der Waals surface area contributed by atoms with Gasteiger partial charge in [0.25, 0.3) is 6.43 Å². The van der Waals surface area contributed by atoms with Crippen molar-refractivity contribution in [3.8, 4) is 0 Å². The first-order valence-corrected chi connectivity index (χ1v) is 9.20. The van der Waals surface area contributed by atoms with Crippen molar-refractivity contribution in [3.63, 3.8) is 0 Å². The summed E-state index contributed by atoms with van der Waals surface area (Å²) in [6.07, 6.45) is -2.02. The number of hydrogen-bond donors (Lipinski definition) is 1. The van der Waals surface area contributed by atoms with Crippen LogP contribution in [0.5, 0.6) is 0 Å². The van der Waals surface area contributed by atoms with E-state index in [2.05, 4.69) is 15.3 Å². The molecule has 1 aromatic heterocycles. The Morgan fingerprint density at radius 2 is 1.90 bits per heavy atom. The second kappa shape index (κ2) is 7.88. The molecule has 29 heavy (non-hydrogen) atoms. The van der Waals surface area contributed by atoms with Crippen molar-refractivity contribution in [1.29, 1.82) is 0 Å². The van der Waals surface area contributed by atoms with Gasteiger partial charge in [0.15, 0.2) is 0 Å². The fraction of sp³-hybridized carbons (Fsp3) is 0.450. The molecule has 2 aromatic rings. The van der Waals surface area contributed by atoms with Gasteiger partial charge in [-0.3, -0.25) is 4.90 Å². The van der Waals surface area contributed by atoms with E-state index in [0.717, 1.165) is 6.07 Å². The Kier molecular flexibility index (Phi) is 5.68. The van der Waals surface area contributed by atoms with Crippen molar-refractivity contribution in [1.82, 2.24) is 14.9 Å². The quantitative estimate of drug-likeness (QED) is 0.773. The third-order valence-electron chi connectivity index (χ3n) is 4.49. The van der Waals surface area contributed by atoms with Gasteiger partial charge in [-0.1, -0.05) is 18.2 Å². The Morgan fingerprint density at radius 3 is 2.55 bits per heavy atom. The molecule has 0 saturated carbocycles. The molecule has 1 N–H and O–H groups in total. The zero-order valence-corrected chi connectivity index (χ0v) is 16.7. The molecule has 2 heterocycles. The van der Waals surface area contributed by atoms with Gasteiger partial charge in [-0.25, -0.2) is 27.9 Å². The number of anilines is 1. The lowest BCUT2D eigenvalue weighted by atomic mass is 10.0. The van der Waals surface area contributed by atoms with Crippen molar-refractivity contribution < 1.29 is 22.7 Å². The molecule has 0 bridgehead atoms. The lowest BCUT2D eigenvalue weighted by Crippen LogP contribution is -2.33. The van der Waals surface area contributed by atoms with Gasteiger partial charge in [0.05, 0.1) is 30.4 Å². The highest BCUT2D eigenvalue weighted by molar-refractivity contribution is 5.70. The number of amides is 1. The average Bonchev–Trinajstić information content (AvgIpc) is 3.05. The summed E-state index contributed by atoms with van der Waals surface area (Å²) in [5, 5.41) is 3.06. The molecule has 1 aliphatic heterocycles. The maximum Gasteiger partial charge on any atom is 0.410 e. The summed E-state index contributed by atoms with van der Waals surface area (Å²) in [6, 6.07) is 3.29. The van der Waals surface area contributed by atoms with E-state index in [9.17, 15) is 18.0 Å². The Morgan fingerprint density at radius 1 is 1.21 bits per heavy atom. The number of aromatic nitrogens is 2. The summed E-state index contributed by atoms with van der Waals surface area (Å²) < 4.78 is 45.8. The third kappa shape index (κ3) is 4.60. The van der Waals surface area contributed by atoms with Crippen LogP contribution in [0.4, 0.5) is 23.8 Å². The smallest absolute Gasteiger partial charge is 0.410 e. The first kappa shape index (κ1) is 20.9. The minimum atomic E-state index is -2.90. The maximum atomic E-state index is 14.5. The lowest BCUT2D eigenvalue weighted by molar-refractivity contribution is 0.0241. The molecule has 0 saturated heterocycles. The van der Waals surface area contributed by atoms with Gasteiger partial charge in [-0.05, 0) is 27.7 Å². The van der Waals surface area contributed by atoms with Gasteiger partial charge in [0.1, 0.15) is 23.6 Å². The monoisotopic (exact) mass is 408 g/mol. The summed E-state index contributed by atoms with van der Waals surface area (Å²) in [7, 11) is 0. The van der Waals surface area contributed by atoms with E-state index in [4.69, 9.17) is 4.74 Å². The lowest BCUT2D eigenvalue weighted by Gasteiger charge is -2.24. The first-order valence-electron chi connectivity index (χ1n) is 9.20. The van der Waals surface area contributed by atoms with E-state index in [0.29, 0.717) is 17.1 Å². The summed E-state index contributed by atoms with van der Waals surface area (Å²) in [6.45, 7) is 7.51. The molecule has 1 amide bonds. The molecule has 1 atom stereocenters. The number of carbonyl (C=O) groups is 1. The molecule has 156 valence electrons. The molecule has 9 heteroatoms. The average molecular weight is 408 g/mol. The number of hydrogen-bond acceptors (Lipinski definition) is 5. The van der Waals surface area contributed by atoms with Crippen LogP contribution in [0.2, 0.25) is 0 Å². The van der Waals surface area contributed by atoms with Crippen LogP contribution in [0.3, 0.4) is 0 Å². The van der Waals surface area contributed by atoms with E-state index in [1.54, 1.807) is 27.7 Å². The molecule has 3 rings (SSSR count). The van der Waals surface area contributed by atoms with E-state index in [-0.39, 0.29) is 18.7 Å². The zero-order valence-electron chi connectivity index (χ0n) is 16.7. The van der Waals surface area contributed by atoms with Crippen molar-refractivity contribution in [2.24, 2.45) is 0 Å². The predicted molar refractivity (Wildman–Crippen MR) is 101 cm³/mol. The van der Waals surface area contributed by atoms with Crippen LogP contribution in [0.25, 0.3) is 0 Å². The number of rotatable bonds is 4. The number of alkyl halides is 2. The Balaban J connectivity index is 1.80. The number of benzene rings is 1. The first-order chi connectivity index (χ1) is 13.6. The Labute approximate surface area is 167 Å². The standard InChI is InChI=1S/C20H23F3N4O2/c1-11(12-6-5-7-13(16(12)21)17(22)23)26-18-14-8-27(9-15(14)24-10-25-18)19(28)29-20(2,3)4/h5-7,10-11,17H,8-9H2,1-4H3,(H,24,25,26). The number of halogens is 3. The molecule has 0 radical (unpaired) electrons. The SMILES string of the molecule is CC(Nc1ncnc2c1CN(C(=O)OC(C)(C)C)C2)c1cccc(C(F)F)c1F. The van der Waals surface area contributed by atoms with Crippen LogP contribution < -0.4 is 5.32 Å². The van der Waals surface area contributed by atoms with Crippen LogP contribution in [0, 0.1) is 5.82 Å². The highest BCUT2D eigenvalue weighted by atomic mass is 19.3. The van der Waals surface area contributed by atoms with Gasteiger partial charge < -0.3 is 10.1 Å². The molecule has 0 spiro atoms. The summed E-state index contributed by atoms with van der Waals surface area (Å²) >= 11 is 0. The van der Waals surface area contributed by atoms with Gasteiger partial charge in [0, 0.05) is 11.1 Å². The molecule has 1 aliphatic rings. The minimum Gasteiger partial charge on any atom is -0.444 e. The second-order valence-corrected chi connectivity index (χ2v) is 7.90. The second-order valence-electron chi connectivity index (χ2n) is 7.90. The van der Waals surface area contributed by atoms with Crippen molar-refractivity contribution in [2.45, 2.75) is 58.9 Å². The van der Waals surface area contributed by atoms with Crippen LogP contribution in [-0.4, -0.2) is 26.6 Å². The molecule has 1 unspecified atom stereocenters. The van der Waals surface area contributed by atoms with E-state index in [1.807, 2.05) is 0 Å². The van der Waals surface area contributed by atoms with Gasteiger partial charge in [-0.15, -0.1) is 0 Å². The number of carbonyl (C=O) groups excluding carboxylic acids is 1. The molecule has 1 aromatic carbocycles. The van der Waals surface area contributed by atoms with Gasteiger partial charge >= 0.3 is 6.09 Å². The highest BCUT2D eigenvalue weighted by Crippen LogP contribution is 2.32. The summed E-state index contributed by atoms with van der Waals surface area (Å²) in [5.41, 5.74) is 0.190. The predicted octanol–water partition coefficient (Wildman–Crippen LogP) is 4.98. The van der Waals surface area contributed by atoms with Crippen molar-refractivity contribution in [3.05, 3.63) is 52.7 Å². The zero-order chi connectivity index (χ0) is 21.3. The van der Waals surface area contributed by atoms with Crippen LogP contribution in [0.15, 0.2) is 24.5 Å². The van der Waals surface area contributed by atoms with E-state index < -0.39 is 35.5 Å². The van der Waals surface area contributed by atoms with Crippen molar-refractivity contribution in [2.75, 3.05) is 5.32 Å². The molecule has 0 fully saturated rings. The minimum absolute atomic E-state index is 0.108. The summed E-state index contributed by atoms with van der Waals surface area (Å²) in [4.78, 5) is 22.3. The normalized spacial score (nSPS) is 14.7. The largest absolute Gasteiger partial charge is 0.444 e. The van der Waals surface area contributed by atoms with Gasteiger partial charge in [0.2, 0.25) is 0 Å². The fourth-order valence-electron chi connectivity index (χ4n) is 3.11. The molecule has 0 aliphatic carbocycles. The number of ether oxygens (including phenoxy) is 1. The topological polar surface area (TPSA) is 67.4 Å². The number of fused-ring (bicyclic) bond motifs is 1. The Bertz CT molecular complexity index is 915. The maximum absolute atomic E-state index is 14.5. The summed E-state index contributed by atoms with van der Waals surface area (Å²) in [5.74, 6) is -0.515. The van der Waals surface area contributed by atoms with Crippen LogP contribution in [0.1, 0.15) is 62.5 Å². The fourth-order valence-corrected chi connectivity index (χ4v) is 3.11. The van der Waals surface area contributed by atoms with E-state index >= 15 is 0 Å². The molecule has 6 nitrogen and oxygen atoms in total. The number of nitrogens with zero attached hydrogens (tertiary/aromatic N) is 3. The van der Waals surface area contributed by atoms with E-state index in [1.165, 1.54) is 23.4 Å². The Hall–Kier alpha value is -2.84. The van der Waals surface area contributed by atoms with Crippen LogP contribution in [-0.2, 0) is 17.8 Å². The van der Waals surface area contributed by atoms with Gasteiger partial charge in [-0.2, -0.15) is 0 Å². The number of nitrogens with one attached hydrogen (secondary N) is 1. The third-order valence-corrected chi connectivity index (χ3v) is 4.49. The molecular weight excluding hydrogens is 385 g/mol. The van der Waals surface area contributed by atoms with Crippen LogP contribution >= 0.6 is 0 Å². The molecular formula is C20H23F3N4O2. The van der Waals surface area contributed by atoms with Crippen molar-refractivity contribution >= 4 is 11.9 Å². The highest BCUT2D eigenvalue weighted by Gasteiger charge is 2.31.